The van der Waals surface area contributed by atoms with Gasteiger partial charge in [0.05, 0.1) is 17.7 Å². The molecule has 0 aromatic rings. The predicted molar refractivity (Wildman–Crippen MR) is 101 cm³/mol. The second kappa shape index (κ2) is 9.48. The quantitative estimate of drug-likeness (QED) is 0.626. The average molecular weight is 353 g/mol. The van der Waals surface area contributed by atoms with E-state index in [4.69, 9.17) is 4.74 Å². The molecule has 0 aromatic carbocycles. The fourth-order valence-electron chi connectivity index (χ4n) is 3.95. The molecule has 1 amide bonds. The Kier molecular flexibility index (Phi) is 8.29. The van der Waals surface area contributed by atoms with Crippen molar-refractivity contribution in [3.8, 4) is 0 Å². The van der Waals surface area contributed by atoms with Crippen LogP contribution in [0.3, 0.4) is 0 Å². The van der Waals surface area contributed by atoms with Crippen LogP contribution in [-0.2, 0) is 14.3 Å². The molecule has 0 spiro atoms. The number of amides is 1. The Morgan fingerprint density at radius 3 is 2.48 bits per heavy atom. The van der Waals surface area contributed by atoms with Gasteiger partial charge in [-0.25, -0.2) is 0 Å². The molecule has 5 heteroatoms. The molecular formula is C20H36N2O3. The molecule has 1 rings (SSSR count). The number of ether oxygens (including phenoxy) is 1. The molecular weight excluding hydrogens is 316 g/mol. The summed E-state index contributed by atoms with van der Waals surface area (Å²) >= 11 is 0. The van der Waals surface area contributed by atoms with Gasteiger partial charge in [-0.15, -0.1) is 0 Å². The van der Waals surface area contributed by atoms with Crippen molar-refractivity contribution < 1.29 is 14.3 Å². The van der Waals surface area contributed by atoms with E-state index in [1.807, 2.05) is 33.8 Å². The molecule has 1 aliphatic heterocycles. The summed E-state index contributed by atoms with van der Waals surface area (Å²) in [7, 11) is 1.70. The highest BCUT2D eigenvalue weighted by Gasteiger charge is 2.47. The summed E-state index contributed by atoms with van der Waals surface area (Å²) < 4.78 is 5.86. The molecule has 25 heavy (non-hydrogen) atoms. The molecule has 0 aliphatic carbocycles. The van der Waals surface area contributed by atoms with Gasteiger partial charge in [-0.05, 0) is 32.6 Å². The van der Waals surface area contributed by atoms with Crippen molar-refractivity contribution in [2.75, 3.05) is 7.11 Å². The van der Waals surface area contributed by atoms with Crippen LogP contribution < -0.4 is 10.6 Å². The highest BCUT2D eigenvalue weighted by molar-refractivity contribution is 5.86. The van der Waals surface area contributed by atoms with E-state index in [1.54, 1.807) is 7.11 Å². The van der Waals surface area contributed by atoms with Gasteiger partial charge in [-0.1, -0.05) is 39.3 Å². The lowest BCUT2D eigenvalue weighted by Crippen LogP contribution is -2.62. The Labute approximate surface area is 153 Å². The zero-order chi connectivity index (χ0) is 19.2. The van der Waals surface area contributed by atoms with Crippen LogP contribution in [-0.4, -0.2) is 42.5 Å². The van der Waals surface area contributed by atoms with E-state index < -0.39 is 5.60 Å². The number of nitrogens with one attached hydrogen (secondary N) is 2. The van der Waals surface area contributed by atoms with Gasteiger partial charge < -0.3 is 15.4 Å². The minimum atomic E-state index is -0.492. The molecule has 5 nitrogen and oxygen atoms in total. The Morgan fingerprint density at radius 2 is 2.04 bits per heavy atom. The normalized spacial score (nSPS) is 27.4. The van der Waals surface area contributed by atoms with Gasteiger partial charge in [0.1, 0.15) is 0 Å². The van der Waals surface area contributed by atoms with Gasteiger partial charge in [-0.2, -0.15) is 0 Å². The molecule has 1 saturated heterocycles. The standard InChI is InChI=1S/C20H36N2O3/c1-8-10-15-12-16(18(24)13(3)4)22-17(15)19(21-14(5)23)20(6,25-7)11-9-2/h8,10,13,15-17,19,22H,9,11-12H2,1-7H3,(H,21,23)/b10-8-/t15-,16-,17-,19-,20+/m1/s1. The fraction of sp³-hybridized carbons (Fsp3) is 0.800. The maximum absolute atomic E-state index is 12.5. The van der Waals surface area contributed by atoms with Gasteiger partial charge >= 0.3 is 0 Å². The van der Waals surface area contributed by atoms with E-state index in [9.17, 15) is 9.59 Å². The number of methoxy groups -OCH3 is 1. The maximum atomic E-state index is 12.5. The van der Waals surface area contributed by atoms with Crippen LogP contribution in [0, 0.1) is 11.8 Å². The molecule has 1 heterocycles. The lowest BCUT2D eigenvalue weighted by molar-refractivity contribution is -0.124. The number of hydrogen-bond donors (Lipinski definition) is 2. The van der Waals surface area contributed by atoms with Crippen LogP contribution >= 0.6 is 0 Å². The number of allylic oxidation sites excluding steroid dienone is 1. The van der Waals surface area contributed by atoms with E-state index >= 15 is 0 Å². The number of rotatable bonds is 9. The molecule has 0 bridgehead atoms. The summed E-state index contributed by atoms with van der Waals surface area (Å²) in [6.45, 7) is 11.5. The van der Waals surface area contributed by atoms with Crippen molar-refractivity contribution in [1.82, 2.24) is 10.6 Å². The van der Waals surface area contributed by atoms with Crippen LogP contribution in [0.5, 0.6) is 0 Å². The van der Waals surface area contributed by atoms with Crippen LogP contribution in [0.15, 0.2) is 12.2 Å². The highest BCUT2D eigenvalue weighted by atomic mass is 16.5. The SMILES string of the molecule is C/C=C\[C@@H]1C[C@H](C(=O)C(C)C)N[C@H]1[C@@H](NC(C)=O)[C@](C)(CCC)OC. The zero-order valence-electron chi connectivity index (χ0n) is 16.9. The fourth-order valence-corrected chi connectivity index (χ4v) is 3.95. The molecule has 1 fully saturated rings. The van der Waals surface area contributed by atoms with E-state index in [-0.39, 0.29) is 41.7 Å². The molecule has 0 aromatic heterocycles. The minimum Gasteiger partial charge on any atom is -0.376 e. The number of hydrogen-bond acceptors (Lipinski definition) is 4. The first-order valence-corrected chi connectivity index (χ1v) is 9.45. The van der Waals surface area contributed by atoms with Crippen molar-refractivity contribution in [2.24, 2.45) is 11.8 Å². The van der Waals surface area contributed by atoms with Crippen molar-refractivity contribution in [1.29, 1.82) is 0 Å². The van der Waals surface area contributed by atoms with E-state index in [2.05, 4.69) is 23.6 Å². The second-order valence-electron chi connectivity index (χ2n) is 7.67. The molecule has 2 N–H and O–H groups in total. The van der Waals surface area contributed by atoms with Gasteiger partial charge in [0.2, 0.25) is 5.91 Å². The third kappa shape index (κ3) is 5.38. The number of Topliss-reactive ketones (excluding diaryl/α,β-unsaturated/α-hetero) is 1. The molecule has 5 atom stereocenters. The number of carbonyl (C=O) groups is 2. The first-order valence-electron chi connectivity index (χ1n) is 9.45. The van der Waals surface area contributed by atoms with E-state index in [0.29, 0.717) is 0 Å². The summed E-state index contributed by atoms with van der Waals surface area (Å²) in [5, 5.41) is 6.62. The monoisotopic (exact) mass is 352 g/mol. The lowest BCUT2D eigenvalue weighted by Gasteiger charge is -2.41. The summed E-state index contributed by atoms with van der Waals surface area (Å²) in [6, 6.07) is -0.421. The Morgan fingerprint density at radius 1 is 1.40 bits per heavy atom. The second-order valence-corrected chi connectivity index (χ2v) is 7.67. The van der Waals surface area contributed by atoms with Crippen LogP contribution in [0.4, 0.5) is 0 Å². The molecule has 144 valence electrons. The highest BCUT2D eigenvalue weighted by Crippen LogP contribution is 2.33. The Bertz CT molecular complexity index is 489. The zero-order valence-corrected chi connectivity index (χ0v) is 16.9. The average Bonchev–Trinajstić information content (AvgIpc) is 2.95. The van der Waals surface area contributed by atoms with Crippen molar-refractivity contribution in [3.63, 3.8) is 0 Å². The Balaban J connectivity index is 3.20. The maximum Gasteiger partial charge on any atom is 0.217 e. The van der Waals surface area contributed by atoms with Crippen LogP contribution in [0.25, 0.3) is 0 Å². The number of carbonyl (C=O) groups excluding carboxylic acids is 2. The summed E-state index contributed by atoms with van der Waals surface area (Å²) in [4.78, 5) is 24.4. The summed E-state index contributed by atoms with van der Waals surface area (Å²) in [5.74, 6) is 0.323. The predicted octanol–water partition coefficient (Wildman–Crippen LogP) is 2.84. The van der Waals surface area contributed by atoms with Gasteiger partial charge in [0.15, 0.2) is 5.78 Å². The van der Waals surface area contributed by atoms with Gasteiger partial charge in [0.25, 0.3) is 0 Å². The van der Waals surface area contributed by atoms with E-state index in [1.165, 1.54) is 6.92 Å². The van der Waals surface area contributed by atoms with Crippen LogP contribution in [0.1, 0.15) is 60.8 Å². The summed E-state index contributed by atoms with van der Waals surface area (Å²) in [5.41, 5.74) is -0.492. The molecule has 0 saturated carbocycles. The smallest absolute Gasteiger partial charge is 0.217 e. The minimum absolute atomic E-state index is 0.00817. The first kappa shape index (κ1) is 21.8. The van der Waals surface area contributed by atoms with Crippen molar-refractivity contribution in [2.45, 2.75) is 84.5 Å². The largest absolute Gasteiger partial charge is 0.376 e. The van der Waals surface area contributed by atoms with Crippen LogP contribution in [0.2, 0.25) is 0 Å². The lowest BCUT2D eigenvalue weighted by atomic mass is 9.81. The molecule has 0 radical (unpaired) electrons. The van der Waals surface area contributed by atoms with Gasteiger partial charge in [-0.3, -0.25) is 9.59 Å². The molecule has 0 unspecified atom stereocenters. The topological polar surface area (TPSA) is 67.4 Å². The van der Waals surface area contributed by atoms with Crippen molar-refractivity contribution in [3.05, 3.63) is 12.2 Å². The van der Waals surface area contributed by atoms with Gasteiger partial charge in [0, 0.05) is 26.0 Å². The molecule has 1 aliphatic rings. The third-order valence-corrected chi connectivity index (χ3v) is 5.30. The van der Waals surface area contributed by atoms with E-state index in [0.717, 1.165) is 19.3 Å². The number of ketones is 1. The Hall–Kier alpha value is -1.20. The van der Waals surface area contributed by atoms with Crippen molar-refractivity contribution >= 4 is 11.7 Å². The first-order chi connectivity index (χ1) is 11.7. The summed E-state index contributed by atoms with van der Waals surface area (Å²) in [6.07, 6.45) is 6.71. The third-order valence-electron chi connectivity index (χ3n) is 5.30.